The monoisotopic (exact) mass is 315 g/mol. The molecule has 0 aliphatic rings. The van der Waals surface area contributed by atoms with Gasteiger partial charge in [-0.15, -0.1) is 0 Å². The van der Waals surface area contributed by atoms with Crippen molar-refractivity contribution in [2.24, 2.45) is 0 Å². The molecule has 22 heavy (non-hydrogen) atoms. The van der Waals surface area contributed by atoms with Crippen LogP contribution in [-0.4, -0.2) is 12.1 Å². The molecule has 116 valence electrons. The van der Waals surface area contributed by atoms with Crippen molar-refractivity contribution >= 4 is 29.3 Å². The van der Waals surface area contributed by atoms with Crippen LogP contribution in [0.3, 0.4) is 0 Å². The van der Waals surface area contributed by atoms with Crippen LogP contribution in [0.5, 0.6) is 0 Å². The molecule has 2 aromatic rings. The van der Waals surface area contributed by atoms with E-state index in [9.17, 15) is 9.36 Å². The van der Waals surface area contributed by atoms with Crippen molar-refractivity contribution in [1.29, 1.82) is 0 Å². The molecule has 2 aromatic carbocycles. The van der Waals surface area contributed by atoms with E-state index >= 15 is 0 Å². The average molecular weight is 315 g/mol. The quantitative estimate of drug-likeness (QED) is 0.825. The second kappa shape index (κ2) is 7.42. The summed E-state index contributed by atoms with van der Waals surface area (Å²) in [5.74, 6) is -0.107. The van der Waals surface area contributed by atoms with Gasteiger partial charge in [-0.25, -0.2) is 0 Å². The molecule has 1 unspecified atom stereocenters. The molecule has 0 aromatic heterocycles. The summed E-state index contributed by atoms with van der Waals surface area (Å²) in [6, 6.07) is 17.1. The molecule has 3 nitrogen and oxygen atoms in total. The topological polar surface area (TPSA) is 46.2 Å². The molecule has 0 heterocycles. The number of hydrogen-bond donors (Lipinski definition) is 1. The van der Waals surface area contributed by atoms with Gasteiger partial charge in [0, 0.05) is 29.4 Å². The summed E-state index contributed by atoms with van der Waals surface area (Å²) >= 11 is 0. The van der Waals surface area contributed by atoms with E-state index in [1.54, 1.807) is 0 Å². The molecule has 1 atom stereocenters. The molecule has 1 N–H and O–H groups in total. The maximum absolute atomic E-state index is 13.6. The highest BCUT2D eigenvalue weighted by molar-refractivity contribution is 7.78. The van der Waals surface area contributed by atoms with E-state index in [4.69, 9.17) is 0 Å². The van der Waals surface area contributed by atoms with Gasteiger partial charge in [-0.3, -0.25) is 4.79 Å². The van der Waals surface area contributed by atoms with Gasteiger partial charge in [0.2, 0.25) is 5.91 Å². The molecule has 1 amide bonds. The van der Waals surface area contributed by atoms with Crippen LogP contribution in [0.15, 0.2) is 54.6 Å². The highest BCUT2D eigenvalue weighted by Crippen LogP contribution is 2.44. The first-order valence-corrected chi connectivity index (χ1v) is 9.48. The van der Waals surface area contributed by atoms with Crippen LogP contribution < -0.4 is 15.9 Å². The highest BCUT2D eigenvalue weighted by Gasteiger charge is 2.26. The van der Waals surface area contributed by atoms with Crippen LogP contribution >= 0.6 is 7.14 Å². The molecule has 0 bridgehead atoms. The maximum atomic E-state index is 13.6. The van der Waals surface area contributed by atoms with Crippen molar-refractivity contribution in [3.8, 4) is 0 Å². The van der Waals surface area contributed by atoms with Gasteiger partial charge in [0.15, 0.2) is 0 Å². The number of benzene rings is 2. The molecule has 0 fully saturated rings. The zero-order valence-electron chi connectivity index (χ0n) is 13.1. The standard InChI is InChI=1S/C18H22NO2P/c1-3-4-14-22(21,17-8-6-5-7-9-17)18-12-10-16(11-13-18)19-15(2)20/h5-13H,3-4,14H2,1-2H3,(H,19,20). The van der Waals surface area contributed by atoms with Gasteiger partial charge in [-0.05, 0) is 30.7 Å². The number of anilines is 1. The van der Waals surface area contributed by atoms with Crippen molar-refractivity contribution in [2.75, 3.05) is 11.5 Å². The van der Waals surface area contributed by atoms with Gasteiger partial charge in [0.1, 0.15) is 7.14 Å². The number of carbonyl (C=O) groups excluding carboxylic acids is 1. The zero-order chi connectivity index (χ0) is 16.0. The van der Waals surface area contributed by atoms with Gasteiger partial charge in [0.25, 0.3) is 0 Å². The highest BCUT2D eigenvalue weighted by atomic mass is 31.2. The van der Waals surface area contributed by atoms with Gasteiger partial charge < -0.3 is 9.88 Å². The molecule has 0 spiro atoms. The first-order valence-electron chi connectivity index (χ1n) is 7.59. The van der Waals surface area contributed by atoms with E-state index in [0.29, 0.717) is 6.16 Å². The Morgan fingerprint density at radius 1 is 1.00 bits per heavy atom. The van der Waals surface area contributed by atoms with Crippen molar-refractivity contribution in [3.63, 3.8) is 0 Å². The Morgan fingerprint density at radius 2 is 1.59 bits per heavy atom. The van der Waals surface area contributed by atoms with E-state index < -0.39 is 7.14 Å². The molecule has 0 saturated heterocycles. The van der Waals surface area contributed by atoms with Crippen LogP contribution in [-0.2, 0) is 9.36 Å². The summed E-state index contributed by atoms with van der Waals surface area (Å²) < 4.78 is 13.6. The molecule has 0 aliphatic carbocycles. The number of nitrogens with one attached hydrogen (secondary N) is 1. The SMILES string of the molecule is CCCCP(=O)(c1ccccc1)c1ccc(NC(C)=O)cc1. The minimum absolute atomic E-state index is 0.107. The number of hydrogen-bond acceptors (Lipinski definition) is 2. The van der Waals surface area contributed by atoms with E-state index in [1.165, 1.54) is 6.92 Å². The van der Waals surface area contributed by atoms with Crippen LogP contribution in [0.4, 0.5) is 5.69 Å². The van der Waals surface area contributed by atoms with Crippen molar-refractivity contribution in [2.45, 2.75) is 26.7 Å². The van der Waals surface area contributed by atoms with Gasteiger partial charge in [-0.1, -0.05) is 43.7 Å². The first-order chi connectivity index (χ1) is 10.6. The predicted octanol–water partition coefficient (Wildman–Crippen LogP) is 3.76. The van der Waals surface area contributed by atoms with Crippen molar-refractivity contribution in [3.05, 3.63) is 54.6 Å². The maximum Gasteiger partial charge on any atom is 0.221 e. The second-order valence-electron chi connectivity index (χ2n) is 5.38. The number of carbonyl (C=O) groups is 1. The molecule has 0 aliphatic heterocycles. The van der Waals surface area contributed by atoms with Crippen molar-refractivity contribution < 1.29 is 9.36 Å². The van der Waals surface area contributed by atoms with E-state index in [0.717, 1.165) is 29.1 Å². The Hall–Kier alpha value is -1.86. The van der Waals surface area contributed by atoms with Gasteiger partial charge >= 0.3 is 0 Å². The fourth-order valence-electron chi connectivity index (χ4n) is 2.45. The van der Waals surface area contributed by atoms with E-state index in [-0.39, 0.29) is 5.91 Å². The summed E-state index contributed by atoms with van der Waals surface area (Å²) in [5.41, 5.74) is 0.728. The van der Waals surface area contributed by atoms with Gasteiger partial charge in [0.05, 0.1) is 0 Å². The predicted molar refractivity (Wildman–Crippen MR) is 93.8 cm³/mol. The summed E-state index contributed by atoms with van der Waals surface area (Å²) in [7, 11) is -2.61. The Morgan fingerprint density at radius 3 is 2.14 bits per heavy atom. The molecular formula is C18H22NO2P. The minimum atomic E-state index is -2.61. The molecule has 4 heteroatoms. The fraction of sp³-hybridized carbons (Fsp3) is 0.278. The molecule has 0 radical (unpaired) electrons. The Kier molecular flexibility index (Phi) is 5.57. The lowest BCUT2D eigenvalue weighted by Gasteiger charge is -2.19. The van der Waals surface area contributed by atoms with Crippen LogP contribution in [0.2, 0.25) is 0 Å². The zero-order valence-corrected chi connectivity index (χ0v) is 14.0. The van der Waals surface area contributed by atoms with Gasteiger partial charge in [-0.2, -0.15) is 0 Å². The normalized spacial score (nSPS) is 13.4. The smallest absolute Gasteiger partial charge is 0.221 e. The summed E-state index contributed by atoms with van der Waals surface area (Å²) in [6.07, 6.45) is 2.62. The van der Waals surface area contributed by atoms with E-state index in [2.05, 4.69) is 12.2 Å². The van der Waals surface area contributed by atoms with Crippen molar-refractivity contribution in [1.82, 2.24) is 0 Å². The lowest BCUT2D eigenvalue weighted by atomic mass is 10.3. The molecule has 0 saturated carbocycles. The fourth-order valence-corrected chi connectivity index (χ4v) is 5.31. The third-order valence-corrected chi connectivity index (χ3v) is 6.82. The number of amides is 1. The Balaban J connectivity index is 2.37. The summed E-state index contributed by atoms with van der Waals surface area (Å²) in [5, 5.41) is 4.48. The Bertz CT molecular complexity index is 665. The van der Waals surface area contributed by atoms with Crippen LogP contribution in [0, 0.1) is 0 Å². The first kappa shape index (κ1) is 16.5. The minimum Gasteiger partial charge on any atom is -0.326 e. The molecule has 2 rings (SSSR count). The molecular weight excluding hydrogens is 293 g/mol. The average Bonchev–Trinajstić information content (AvgIpc) is 2.53. The third-order valence-electron chi connectivity index (χ3n) is 3.60. The second-order valence-corrected chi connectivity index (χ2v) is 8.34. The largest absolute Gasteiger partial charge is 0.326 e. The third kappa shape index (κ3) is 3.86. The summed E-state index contributed by atoms with van der Waals surface area (Å²) in [4.78, 5) is 11.1. The van der Waals surface area contributed by atoms with Crippen LogP contribution in [0.25, 0.3) is 0 Å². The number of rotatable bonds is 6. The number of unbranched alkanes of at least 4 members (excludes halogenated alkanes) is 1. The van der Waals surface area contributed by atoms with Crippen LogP contribution in [0.1, 0.15) is 26.7 Å². The van der Waals surface area contributed by atoms with E-state index in [1.807, 2.05) is 54.6 Å². The Labute approximate surface area is 132 Å². The summed E-state index contributed by atoms with van der Waals surface area (Å²) in [6.45, 7) is 3.58. The lowest BCUT2D eigenvalue weighted by molar-refractivity contribution is -0.114. The lowest BCUT2D eigenvalue weighted by Crippen LogP contribution is -2.19.